The molecule has 1 aliphatic rings. The largest absolute Gasteiger partial charge is 0.399 e. The Labute approximate surface area is 105 Å². The number of benzene rings is 1. The van der Waals surface area contributed by atoms with Crippen molar-refractivity contribution >= 4 is 11.6 Å². The van der Waals surface area contributed by atoms with Crippen LogP contribution in [0.4, 0.5) is 10.1 Å². The van der Waals surface area contributed by atoms with Crippen LogP contribution in [0.2, 0.25) is 0 Å². The maximum atomic E-state index is 13.5. The lowest BCUT2D eigenvalue weighted by Gasteiger charge is -2.23. The molecule has 1 unspecified atom stereocenters. The van der Waals surface area contributed by atoms with E-state index in [2.05, 4.69) is 5.32 Å². The molecule has 0 saturated carbocycles. The van der Waals surface area contributed by atoms with Gasteiger partial charge < -0.3 is 15.8 Å². The SMILES string of the molecule is CC1(CNC(=O)c2cc(N)ccc2F)CCCO1. The van der Waals surface area contributed by atoms with Gasteiger partial charge in [-0.25, -0.2) is 4.39 Å². The van der Waals surface area contributed by atoms with E-state index in [1.54, 1.807) is 0 Å². The summed E-state index contributed by atoms with van der Waals surface area (Å²) in [5, 5.41) is 2.69. The average molecular weight is 252 g/mol. The highest BCUT2D eigenvalue weighted by Crippen LogP contribution is 2.24. The fourth-order valence-electron chi connectivity index (χ4n) is 2.06. The zero-order chi connectivity index (χ0) is 13.2. The zero-order valence-corrected chi connectivity index (χ0v) is 10.3. The van der Waals surface area contributed by atoms with Crippen LogP contribution in [0.3, 0.4) is 0 Å². The highest BCUT2D eigenvalue weighted by atomic mass is 19.1. The van der Waals surface area contributed by atoms with Crippen LogP contribution in [0, 0.1) is 5.82 Å². The Morgan fingerprint density at radius 3 is 3.06 bits per heavy atom. The van der Waals surface area contributed by atoms with Crippen LogP contribution in [-0.2, 0) is 4.74 Å². The second-order valence-electron chi connectivity index (χ2n) is 4.82. The molecule has 0 bridgehead atoms. The van der Waals surface area contributed by atoms with Crippen molar-refractivity contribution in [2.75, 3.05) is 18.9 Å². The molecule has 3 N–H and O–H groups in total. The van der Waals surface area contributed by atoms with E-state index in [-0.39, 0.29) is 11.2 Å². The number of ether oxygens (including phenoxy) is 1. The minimum absolute atomic E-state index is 0.0309. The quantitative estimate of drug-likeness (QED) is 0.805. The van der Waals surface area contributed by atoms with Crippen molar-refractivity contribution in [1.29, 1.82) is 0 Å². The van der Waals surface area contributed by atoms with E-state index in [0.717, 1.165) is 12.8 Å². The van der Waals surface area contributed by atoms with Gasteiger partial charge in [0.1, 0.15) is 5.82 Å². The van der Waals surface area contributed by atoms with Gasteiger partial charge in [-0.05, 0) is 38.0 Å². The van der Waals surface area contributed by atoms with Gasteiger partial charge in [0.2, 0.25) is 0 Å². The Balaban J connectivity index is 2.01. The molecule has 4 nitrogen and oxygen atoms in total. The summed E-state index contributed by atoms with van der Waals surface area (Å²) in [6, 6.07) is 3.95. The fraction of sp³-hybridized carbons (Fsp3) is 0.462. The number of anilines is 1. The van der Waals surface area contributed by atoms with Crippen molar-refractivity contribution in [1.82, 2.24) is 5.32 Å². The maximum Gasteiger partial charge on any atom is 0.254 e. The van der Waals surface area contributed by atoms with E-state index in [9.17, 15) is 9.18 Å². The minimum atomic E-state index is -0.570. The highest BCUT2D eigenvalue weighted by molar-refractivity contribution is 5.95. The number of nitrogens with two attached hydrogens (primary N) is 1. The molecule has 0 spiro atoms. The van der Waals surface area contributed by atoms with Gasteiger partial charge in [0.15, 0.2) is 0 Å². The molecule has 5 heteroatoms. The van der Waals surface area contributed by atoms with Crippen LogP contribution < -0.4 is 11.1 Å². The van der Waals surface area contributed by atoms with Crippen LogP contribution in [0.15, 0.2) is 18.2 Å². The average Bonchev–Trinajstić information content (AvgIpc) is 2.77. The molecule has 1 atom stereocenters. The third kappa shape index (κ3) is 2.79. The van der Waals surface area contributed by atoms with E-state index in [0.29, 0.717) is 18.8 Å². The van der Waals surface area contributed by atoms with Crippen molar-refractivity contribution in [3.8, 4) is 0 Å². The molecule has 18 heavy (non-hydrogen) atoms. The molecule has 98 valence electrons. The predicted molar refractivity (Wildman–Crippen MR) is 66.7 cm³/mol. The first-order valence-electron chi connectivity index (χ1n) is 5.97. The smallest absolute Gasteiger partial charge is 0.254 e. The standard InChI is InChI=1S/C13H17FN2O2/c1-13(5-2-6-18-13)8-16-12(17)10-7-9(15)3-4-11(10)14/h3-4,7H,2,5-6,8,15H2,1H3,(H,16,17). The number of carbonyl (C=O) groups is 1. The van der Waals surface area contributed by atoms with E-state index in [1.165, 1.54) is 18.2 Å². The van der Waals surface area contributed by atoms with Gasteiger partial charge in [0.05, 0.1) is 11.2 Å². The van der Waals surface area contributed by atoms with Crippen molar-refractivity contribution in [3.05, 3.63) is 29.6 Å². The van der Waals surface area contributed by atoms with E-state index in [4.69, 9.17) is 10.5 Å². The molecule has 1 heterocycles. The van der Waals surface area contributed by atoms with Crippen LogP contribution in [0.25, 0.3) is 0 Å². The number of nitrogens with one attached hydrogen (secondary N) is 1. The van der Waals surface area contributed by atoms with Gasteiger partial charge in [-0.2, -0.15) is 0 Å². The third-order valence-electron chi connectivity index (χ3n) is 3.16. The summed E-state index contributed by atoms with van der Waals surface area (Å²) in [7, 11) is 0. The molecule has 0 radical (unpaired) electrons. The monoisotopic (exact) mass is 252 g/mol. The number of halogens is 1. The topological polar surface area (TPSA) is 64.4 Å². The second kappa shape index (κ2) is 4.94. The highest BCUT2D eigenvalue weighted by Gasteiger charge is 2.30. The van der Waals surface area contributed by atoms with Crippen molar-refractivity contribution in [3.63, 3.8) is 0 Å². The summed E-state index contributed by atoms with van der Waals surface area (Å²) < 4.78 is 19.0. The Kier molecular flexibility index (Phi) is 3.52. The molecule has 1 saturated heterocycles. The number of carbonyl (C=O) groups excluding carboxylic acids is 1. The Hall–Kier alpha value is -1.62. The minimum Gasteiger partial charge on any atom is -0.399 e. The summed E-state index contributed by atoms with van der Waals surface area (Å²) in [5.41, 5.74) is 5.53. The van der Waals surface area contributed by atoms with Crippen LogP contribution >= 0.6 is 0 Å². The molecule has 1 aliphatic heterocycles. The van der Waals surface area contributed by atoms with Crippen LogP contribution in [-0.4, -0.2) is 24.7 Å². The summed E-state index contributed by atoms with van der Waals surface area (Å²) >= 11 is 0. The van der Waals surface area contributed by atoms with E-state index in [1.807, 2.05) is 6.92 Å². The lowest BCUT2D eigenvalue weighted by atomic mass is 10.0. The molecule has 0 aliphatic carbocycles. The first-order chi connectivity index (χ1) is 8.50. The molecule has 2 rings (SSSR count). The normalized spacial score (nSPS) is 23.0. The van der Waals surface area contributed by atoms with Gasteiger partial charge >= 0.3 is 0 Å². The Bertz CT molecular complexity index is 456. The number of hydrogen-bond donors (Lipinski definition) is 2. The zero-order valence-electron chi connectivity index (χ0n) is 10.3. The first-order valence-corrected chi connectivity index (χ1v) is 5.97. The van der Waals surface area contributed by atoms with Crippen LogP contribution in [0.5, 0.6) is 0 Å². The molecule has 0 aromatic heterocycles. The fourth-order valence-corrected chi connectivity index (χ4v) is 2.06. The molecule has 1 fully saturated rings. The van der Waals surface area contributed by atoms with Crippen molar-refractivity contribution in [2.24, 2.45) is 0 Å². The lowest BCUT2D eigenvalue weighted by Crippen LogP contribution is -2.40. The summed E-state index contributed by atoms with van der Waals surface area (Å²) in [5.74, 6) is -1.03. The second-order valence-corrected chi connectivity index (χ2v) is 4.82. The molecule has 1 amide bonds. The van der Waals surface area contributed by atoms with E-state index >= 15 is 0 Å². The summed E-state index contributed by atoms with van der Waals surface area (Å²) in [4.78, 5) is 11.9. The number of amides is 1. The molecular formula is C13H17FN2O2. The Morgan fingerprint density at radius 1 is 1.61 bits per heavy atom. The first kappa shape index (κ1) is 12.8. The molecular weight excluding hydrogens is 235 g/mol. The van der Waals surface area contributed by atoms with Gasteiger partial charge in [0.25, 0.3) is 5.91 Å². The van der Waals surface area contributed by atoms with Gasteiger partial charge in [-0.3, -0.25) is 4.79 Å². The lowest BCUT2D eigenvalue weighted by molar-refractivity contribution is 0.0205. The van der Waals surface area contributed by atoms with Crippen LogP contribution in [0.1, 0.15) is 30.1 Å². The predicted octanol–water partition coefficient (Wildman–Crippen LogP) is 1.71. The van der Waals surface area contributed by atoms with Crippen molar-refractivity contribution in [2.45, 2.75) is 25.4 Å². The number of rotatable bonds is 3. The summed E-state index contributed by atoms with van der Waals surface area (Å²) in [6.45, 7) is 3.02. The van der Waals surface area contributed by atoms with Crippen molar-refractivity contribution < 1.29 is 13.9 Å². The number of hydrogen-bond acceptors (Lipinski definition) is 3. The van der Waals surface area contributed by atoms with Gasteiger partial charge in [0, 0.05) is 18.8 Å². The number of nitrogen functional groups attached to an aromatic ring is 1. The summed E-state index contributed by atoms with van der Waals surface area (Å²) in [6.07, 6.45) is 1.88. The van der Waals surface area contributed by atoms with Gasteiger partial charge in [-0.1, -0.05) is 0 Å². The van der Waals surface area contributed by atoms with E-state index < -0.39 is 11.7 Å². The molecule has 1 aromatic carbocycles. The molecule has 1 aromatic rings. The maximum absolute atomic E-state index is 13.5. The third-order valence-corrected chi connectivity index (χ3v) is 3.16. The Morgan fingerprint density at radius 2 is 2.39 bits per heavy atom. The van der Waals surface area contributed by atoms with Gasteiger partial charge in [-0.15, -0.1) is 0 Å².